The molecule has 0 saturated heterocycles. The lowest BCUT2D eigenvalue weighted by Gasteiger charge is -2.30. The second-order valence-corrected chi connectivity index (χ2v) is 15.3. The van der Waals surface area contributed by atoms with Gasteiger partial charge in [-0.3, -0.25) is 4.79 Å². The molecule has 5 heteroatoms. The highest BCUT2D eigenvalue weighted by molar-refractivity contribution is 6.43. The first kappa shape index (κ1) is 38.0. The summed E-state index contributed by atoms with van der Waals surface area (Å²) in [6, 6.07) is 70.6. The number of carbonyl (C=O) groups is 1. The molecular formula is C57H41N2O3+. The summed E-state index contributed by atoms with van der Waals surface area (Å²) >= 11 is 0. The molecule has 0 aliphatic heterocycles. The van der Waals surface area contributed by atoms with E-state index < -0.39 is 0 Å². The zero-order valence-corrected chi connectivity index (χ0v) is 34.0. The quantitative estimate of drug-likeness (QED) is 0.119. The second-order valence-electron chi connectivity index (χ2n) is 15.3. The van der Waals surface area contributed by atoms with Crippen molar-refractivity contribution in [2.24, 2.45) is 0 Å². The highest BCUT2D eigenvalue weighted by Gasteiger charge is 2.40. The largest absolute Gasteiger partial charge is 0.507 e. The topological polar surface area (TPSA) is 63.8 Å². The molecule has 8 aromatic carbocycles. The number of hydrogen-bond donors (Lipinski definition) is 2. The third-order valence-electron chi connectivity index (χ3n) is 11.7. The molecule has 0 atom stereocenters. The van der Waals surface area contributed by atoms with Crippen LogP contribution in [0.2, 0.25) is 0 Å². The number of ketones is 1. The minimum Gasteiger partial charge on any atom is -0.507 e. The molecule has 0 aromatic heterocycles. The highest BCUT2D eigenvalue weighted by atomic mass is 16.3. The predicted octanol–water partition coefficient (Wildman–Crippen LogP) is 13.8. The maximum atomic E-state index is 14.5. The van der Waals surface area contributed by atoms with E-state index >= 15 is 0 Å². The summed E-state index contributed by atoms with van der Waals surface area (Å²) in [6.45, 7) is 1.89. The van der Waals surface area contributed by atoms with Crippen molar-refractivity contribution < 1.29 is 15.0 Å². The van der Waals surface area contributed by atoms with E-state index in [0.717, 1.165) is 67.5 Å². The van der Waals surface area contributed by atoms with E-state index in [4.69, 9.17) is 0 Å². The van der Waals surface area contributed by atoms with E-state index in [2.05, 4.69) is 70.1 Å². The summed E-state index contributed by atoms with van der Waals surface area (Å²) in [7, 11) is 0. The number of phenols is 1. The first-order chi connectivity index (χ1) is 30.5. The molecule has 2 N–H and O–H groups in total. The van der Waals surface area contributed by atoms with Gasteiger partial charge < -0.3 is 15.1 Å². The molecule has 2 aliphatic carbocycles. The van der Waals surface area contributed by atoms with E-state index in [9.17, 15) is 15.0 Å². The van der Waals surface area contributed by atoms with Crippen molar-refractivity contribution in [3.05, 3.63) is 252 Å². The summed E-state index contributed by atoms with van der Waals surface area (Å²) in [6.07, 6.45) is 1.77. The van der Waals surface area contributed by atoms with Crippen LogP contribution in [0.25, 0.3) is 33.4 Å². The van der Waals surface area contributed by atoms with Gasteiger partial charge in [-0.2, -0.15) is 4.58 Å². The molecule has 0 heterocycles. The summed E-state index contributed by atoms with van der Waals surface area (Å²) in [5.74, 6) is -0.251. The van der Waals surface area contributed by atoms with Crippen molar-refractivity contribution in [3.8, 4) is 28.0 Å². The van der Waals surface area contributed by atoms with Crippen molar-refractivity contribution in [1.82, 2.24) is 4.58 Å². The molecule has 296 valence electrons. The Bertz CT molecular complexity index is 3150. The highest BCUT2D eigenvalue weighted by Crippen LogP contribution is 2.49. The van der Waals surface area contributed by atoms with Crippen LogP contribution in [0.3, 0.4) is 0 Å². The number of Topliss-reactive ketones (excluding diaryl/α,β-unsaturated/α-hetero) is 1. The molecule has 0 spiro atoms. The average Bonchev–Trinajstić information content (AvgIpc) is 3.33. The number of anilines is 3. The number of nitrogens with zero attached hydrogens (tertiary/aromatic N) is 2. The van der Waals surface area contributed by atoms with Crippen molar-refractivity contribution in [3.63, 3.8) is 0 Å². The molecule has 0 amide bonds. The number of fused-ring (bicyclic) bond motifs is 1. The number of allylic oxidation sites excluding steroid dienone is 5. The molecule has 0 saturated carbocycles. The standard InChI is InChI=1S/C57H40N2O3/c1-38-54(48-35-34-43(36-52(48)60)58(41-24-10-4-11-25-41)49-32-18-16-28-44(49)39-20-6-2-7-21-39)57(62)55(38)56-47-31-15-14-30-46(47)51(37-53(56)61)59(42-26-12-5-13-27-42)50-33-19-17-29-45(50)40-22-8-3-9-23-40/h2-37H,1H3,(H,60,61)/p+1. The number of aliphatic hydroxyl groups excluding tert-OH is 1. The van der Waals surface area contributed by atoms with Gasteiger partial charge in [0.15, 0.2) is 5.78 Å². The van der Waals surface area contributed by atoms with Gasteiger partial charge in [-0.15, -0.1) is 0 Å². The molecule has 0 fully saturated rings. The zero-order chi connectivity index (χ0) is 42.2. The number of carbonyl (C=O) groups excluding carboxylic acids is 1. The Balaban J connectivity index is 1.09. The van der Waals surface area contributed by atoms with Crippen LogP contribution in [-0.4, -0.2) is 21.7 Å². The summed E-state index contributed by atoms with van der Waals surface area (Å²) < 4.78 is 2.17. The van der Waals surface area contributed by atoms with E-state index in [0.29, 0.717) is 27.9 Å². The van der Waals surface area contributed by atoms with Crippen LogP contribution in [0.1, 0.15) is 23.6 Å². The average molecular weight is 802 g/mol. The Morgan fingerprint density at radius 2 is 0.984 bits per heavy atom. The van der Waals surface area contributed by atoms with Gasteiger partial charge in [-0.25, -0.2) is 0 Å². The smallest absolute Gasteiger partial charge is 0.223 e. The first-order valence-corrected chi connectivity index (χ1v) is 20.7. The third kappa shape index (κ3) is 6.62. The van der Waals surface area contributed by atoms with E-state index in [1.54, 1.807) is 12.1 Å². The van der Waals surface area contributed by atoms with Crippen LogP contribution in [0.5, 0.6) is 5.75 Å². The Hall–Kier alpha value is -8.28. The molecular weight excluding hydrogens is 761 g/mol. The minimum atomic E-state index is -0.234. The second kappa shape index (κ2) is 16.1. The zero-order valence-electron chi connectivity index (χ0n) is 34.0. The summed E-state index contributed by atoms with van der Waals surface area (Å²) in [5, 5.41) is 24.0. The van der Waals surface area contributed by atoms with E-state index in [1.165, 1.54) is 0 Å². The third-order valence-corrected chi connectivity index (χ3v) is 11.7. The van der Waals surface area contributed by atoms with Gasteiger partial charge in [0, 0.05) is 69.0 Å². The normalized spacial score (nSPS) is 15.4. The summed E-state index contributed by atoms with van der Waals surface area (Å²) in [5.41, 5.74) is 13.6. The van der Waals surface area contributed by atoms with Crippen LogP contribution in [0.15, 0.2) is 235 Å². The fourth-order valence-electron chi connectivity index (χ4n) is 8.86. The lowest BCUT2D eigenvalue weighted by Crippen LogP contribution is -2.26. The van der Waals surface area contributed by atoms with Gasteiger partial charge in [0.2, 0.25) is 17.1 Å². The van der Waals surface area contributed by atoms with Crippen LogP contribution in [0, 0.1) is 0 Å². The fraction of sp³-hybridized carbons (Fsp3) is 0.0175. The lowest BCUT2D eigenvalue weighted by atomic mass is 9.73. The van der Waals surface area contributed by atoms with Gasteiger partial charge in [0.25, 0.3) is 0 Å². The van der Waals surface area contributed by atoms with Gasteiger partial charge >= 0.3 is 0 Å². The van der Waals surface area contributed by atoms with Crippen LogP contribution in [-0.2, 0) is 4.79 Å². The summed E-state index contributed by atoms with van der Waals surface area (Å²) in [4.78, 5) is 16.6. The monoisotopic (exact) mass is 801 g/mol. The Labute approximate surface area is 361 Å². The van der Waals surface area contributed by atoms with E-state index in [-0.39, 0.29) is 17.3 Å². The molecule has 0 unspecified atom stereocenters. The number of benzene rings is 8. The maximum absolute atomic E-state index is 14.5. The van der Waals surface area contributed by atoms with E-state index in [1.807, 2.05) is 153 Å². The molecule has 0 bridgehead atoms. The minimum absolute atomic E-state index is 0.00581. The number of aliphatic hydroxyl groups is 1. The van der Waals surface area contributed by atoms with Crippen LogP contribution < -0.4 is 9.48 Å². The van der Waals surface area contributed by atoms with Gasteiger partial charge in [-0.05, 0) is 66.1 Å². The molecule has 62 heavy (non-hydrogen) atoms. The fourth-order valence-corrected chi connectivity index (χ4v) is 8.86. The van der Waals surface area contributed by atoms with Crippen molar-refractivity contribution in [2.45, 2.75) is 6.92 Å². The first-order valence-electron chi connectivity index (χ1n) is 20.7. The molecule has 5 nitrogen and oxygen atoms in total. The number of phenolic OH excluding ortho intramolecular Hbond substituents is 1. The van der Waals surface area contributed by atoms with Gasteiger partial charge in [-0.1, -0.05) is 146 Å². The molecule has 8 aromatic rings. The van der Waals surface area contributed by atoms with Crippen LogP contribution >= 0.6 is 0 Å². The van der Waals surface area contributed by atoms with Crippen molar-refractivity contribution in [1.29, 1.82) is 0 Å². The number of aromatic hydroxyl groups is 1. The maximum Gasteiger partial charge on any atom is 0.223 e. The predicted molar refractivity (Wildman–Crippen MR) is 254 cm³/mol. The lowest BCUT2D eigenvalue weighted by molar-refractivity contribution is -0.111. The molecule has 2 aliphatic rings. The van der Waals surface area contributed by atoms with Gasteiger partial charge in [0.1, 0.15) is 11.5 Å². The van der Waals surface area contributed by atoms with Gasteiger partial charge in [0.05, 0.1) is 22.9 Å². The van der Waals surface area contributed by atoms with Crippen molar-refractivity contribution >= 4 is 51.1 Å². The Kier molecular flexibility index (Phi) is 9.83. The van der Waals surface area contributed by atoms with Crippen LogP contribution in [0.4, 0.5) is 28.4 Å². The van der Waals surface area contributed by atoms with Crippen molar-refractivity contribution in [2.75, 3.05) is 4.90 Å². The molecule has 0 radical (unpaired) electrons. The Morgan fingerprint density at radius 3 is 1.63 bits per heavy atom. The number of hydrogen-bond acceptors (Lipinski definition) is 4. The number of rotatable bonds is 8. The Morgan fingerprint density at radius 1 is 0.452 bits per heavy atom. The number of para-hydroxylation sites is 4. The molecule has 10 rings (SSSR count). The SMILES string of the molecule is CC1=C(c2ccc(N(c3ccccc3)c3ccccc3-c3ccccc3)cc2O)C(=O)/C1=C1/C(O)=CC(=[N+](c2ccccc2)c2ccccc2-c2ccccc2)c2ccccc21.